The number of carbonyl (C=O) groups is 1. The monoisotopic (exact) mass is 166 g/mol. The number of carbonyl (C=O) groups excluding carboxylic acids is 1. The van der Waals surface area contributed by atoms with E-state index in [0.29, 0.717) is 12.5 Å². The Labute approximate surface area is 65.3 Å². The molecule has 0 spiro atoms. The summed E-state index contributed by atoms with van der Waals surface area (Å²) < 4.78 is 8.84. The fourth-order valence-electron chi connectivity index (χ4n) is 0.314. The number of ether oxygens (including phenoxy) is 2. The van der Waals surface area contributed by atoms with Crippen molar-refractivity contribution in [2.24, 2.45) is 5.92 Å². The van der Waals surface area contributed by atoms with Crippen LogP contribution in [0.5, 0.6) is 0 Å². The number of alkyl halides is 1. The topological polar surface area (TPSA) is 35.5 Å². The van der Waals surface area contributed by atoms with Crippen LogP contribution < -0.4 is 0 Å². The van der Waals surface area contributed by atoms with Gasteiger partial charge < -0.3 is 9.47 Å². The van der Waals surface area contributed by atoms with Gasteiger partial charge in [0.2, 0.25) is 0 Å². The Balaban J connectivity index is 3.26. The minimum absolute atomic E-state index is 0.181. The van der Waals surface area contributed by atoms with Crippen LogP contribution in [0.2, 0.25) is 0 Å². The van der Waals surface area contributed by atoms with Gasteiger partial charge in [0.05, 0.1) is 13.7 Å². The first kappa shape index (κ1) is 9.56. The van der Waals surface area contributed by atoms with Crippen LogP contribution in [0.25, 0.3) is 0 Å². The molecule has 0 bridgehead atoms. The lowest BCUT2D eigenvalue weighted by Crippen LogP contribution is -2.12. The molecule has 10 heavy (non-hydrogen) atoms. The van der Waals surface area contributed by atoms with Gasteiger partial charge in [-0.1, -0.05) is 6.92 Å². The lowest BCUT2D eigenvalue weighted by molar-refractivity contribution is 0.0642. The number of hydrogen-bond donors (Lipinski definition) is 0. The van der Waals surface area contributed by atoms with Crippen LogP contribution in [0.15, 0.2) is 0 Å². The Morgan fingerprint density at radius 1 is 1.70 bits per heavy atom. The molecular weight excluding hydrogens is 156 g/mol. The molecule has 0 saturated carbocycles. The molecule has 0 aliphatic carbocycles. The summed E-state index contributed by atoms with van der Waals surface area (Å²) in [6.07, 6.45) is -0.656. The smallest absolute Gasteiger partial charge is 0.438 e. The number of methoxy groups -OCH3 is 1. The van der Waals surface area contributed by atoms with Gasteiger partial charge in [0, 0.05) is 11.8 Å². The Hall–Kier alpha value is -0.440. The maximum atomic E-state index is 10.3. The van der Waals surface area contributed by atoms with Crippen LogP contribution in [0.3, 0.4) is 0 Å². The number of rotatable bonds is 3. The maximum absolute atomic E-state index is 10.3. The Morgan fingerprint density at radius 3 is 2.70 bits per heavy atom. The SMILES string of the molecule is COC(=O)OCC(C)CCl. The largest absolute Gasteiger partial charge is 0.507 e. The summed E-state index contributed by atoms with van der Waals surface area (Å²) in [6, 6.07) is 0. The number of hydrogen-bond acceptors (Lipinski definition) is 3. The highest BCUT2D eigenvalue weighted by molar-refractivity contribution is 6.18. The molecule has 0 rings (SSSR count). The van der Waals surface area contributed by atoms with Gasteiger partial charge in [-0.25, -0.2) is 4.79 Å². The summed E-state index contributed by atoms with van der Waals surface area (Å²) in [6.45, 7) is 2.20. The fourth-order valence-corrected chi connectivity index (χ4v) is 0.403. The molecule has 0 saturated heterocycles. The molecule has 0 aliphatic heterocycles. The van der Waals surface area contributed by atoms with E-state index in [2.05, 4.69) is 9.47 Å². The minimum atomic E-state index is -0.656. The van der Waals surface area contributed by atoms with Gasteiger partial charge in [-0.15, -0.1) is 11.6 Å². The summed E-state index contributed by atoms with van der Waals surface area (Å²) in [5, 5.41) is 0. The van der Waals surface area contributed by atoms with Crippen LogP contribution in [0.4, 0.5) is 4.79 Å². The average Bonchev–Trinajstić information content (AvgIpc) is 1.99. The first-order valence-electron chi connectivity index (χ1n) is 2.97. The van der Waals surface area contributed by atoms with Crippen molar-refractivity contribution in [1.29, 1.82) is 0 Å². The van der Waals surface area contributed by atoms with Crippen molar-refractivity contribution in [2.75, 3.05) is 19.6 Å². The molecule has 60 valence electrons. The molecule has 4 heteroatoms. The van der Waals surface area contributed by atoms with Gasteiger partial charge in [0.1, 0.15) is 0 Å². The zero-order valence-corrected chi connectivity index (χ0v) is 6.85. The third-order valence-electron chi connectivity index (χ3n) is 0.916. The van der Waals surface area contributed by atoms with Crippen LogP contribution in [0, 0.1) is 5.92 Å². The fraction of sp³-hybridized carbons (Fsp3) is 0.833. The van der Waals surface area contributed by atoms with Crippen molar-refractivity contribution in [1.82, 2.24) is 0 Å². The molecule has 0 aliphatic rings. The lowest BCUT2D eigenvalue weighted by Gasteiger charge is -2.06. The predicted octanol–water partition coefficient (Wildman–Crippen LogP) is 1.64. The van der Waals surface area contributed by atoms with E-state index < -0.39 is 6.16 Å². The molecule has 0 amide bonds. The summed E-state index contributed by atoms with van der Waals surface area (Å²) in [7, 11) is 1.27. The second-order valence-electron chi connectivity index (χ2n) is 2.02. The first-order chi connectivity index (χ1) is 4.70. The summed E-state index contributed by atoms with van der Waals surface area (Å²) in [5.74, 6) is 0.664. The normalized spacial score (nSPS) is 12.3. The first-order valence-corrected chi connectivity index (χ1v) is 3.50. The highest BCUT2D eigenvalue weighted by atomic mass is 35.5. The van der Waals surface area contributed by atoms with E-state index in [-0.39, 0.29) is 5.92 Å². The molecule has 0 aromatic carbocycles. The average molecular weight is 167 g/mol. The van der Waals surface area contributed by atoms with Gasteiger partial charge in [0.15, 0.2) is 0 Å². The zero-order chi connectivity index (χ0) is 7.98. The second-order valence-corrected chi connectivity index (χ2v) is 2.33. The molecule has 0 heterocycles. The molecule has 1 unspecified atom stereocenters. The van der Waals surface area contributed by atoms with Crippen LogP contribution in [0.1, 0.15) is 6.92 Å². The van der Waals surface area contributed by atoms with E-state index >= 15 is 0 Å². The van der Waals surface area contributed by atoms with Crippen LogP contribution in [-0.2, 0) is 9.47 Å². The lowest BCUT2D eigenvalue weighted by atomic mass is 10.2. The molecular formula is C6H11ClO3. The molecule has 0 radical (unpaired) electrons. The van der Waals surface area contributed by atoms with E-state index in [4.69, 9.17) is 11.6 Å². The Morgan fingerprint density at radius 2 is 2.30 bits per heavy atom. The Bertz CT molecular complexity index is 105. The van der Waals surface area contributed by atoms with Crippen molar-refractivity contribution in [3.63, 3.8) is 0 Å². The predicted molar refractivity (Wildman–Crippen MR) is 38.2 cm³/mol. The summed E-state index contributed by atoms with van der Waals surface area (Å²) >= 11 is 5.45. The zero-order valence-electron chi connectivity index (χ0n) is 6.09. The third kappa shape index (κ3) is 4.44. The van der Waals surface area contributed by atoms with Gasteiger partial charge >= 0.3 is 6.16 Å². The quantitative estimate of drug-likeness (QED) is 0.473. The Kier molecular flexibility index (Phi) is 5.12. The van der Waals surface area contributed by atoms with E-state index in [0.717, 1.165) is 0 Å². The van der Waals surface area contributed by atoms with Gasteiger partial charge in [0.25, 0.3) is 0 Å². The molecule has 0 fully saturated rings. The van der Waals surface area contributed by atoms with Gasteiger partial charge in [-0.2, -0.15) is 0 Å². The van der Waals surface area contributed by atoms with E-state index in [1.165, 1.54) is 7.11 Å². The van der Waals surface area contributed by atoms with E-state index in [1.54, 1.807) is 0 Å². The standard InChI is InChI=1S/C6H11ClO3/c1-5(3-7)4-10-6(8)9-2/h5H,3-4H2,1-2H3. The molecule has 1 atom stereocenters. The number of halogens is 1. The highest BCUT2D eigenvalue weighted by Crippen LogP contribution is 1.98. The van der Waals surface area contributed by atoms with Crippen LogP contribution in [-0.4, -0.2) is 25.8 Å². The van der Waals surface area contributed by atoms with E-state index in [9.17, 15) is 4.79 Å². The minimum Gasteiger partial charge on any atom is -0.438 e. The van der Waals surface area contributed by atoms with Crippen molar-refractivity contribution in [2.45, 2.75) is 6.92 Å². The maximum Gasteiger partial charge on any atom is 0.507 e. The molecule has 3 nitrogen and oxygen atoms in total. The molecule has 0 aromatic rings. The molecule has 0 N–H and O–H groups in total. The van der Waals surface area contributed by atoms with Crippen molar-refractivity contribution in [3.05, 3.63) is 0 Å². The van der Waals surface area contributed by atoms with Crippen molar-refractivity contribution < 1.29 is 14.3 Å². The van der Waals surface area contributed by atoms with Gasteiger partial charge in [-0.05, 0) is 0 Å². The van der Waals surface area contributed by atoms with Crippen molar-refractivity contribution >= 4 is 17.8 Å². The highest BCUT2D eigenvalue weighted by Gasteiger charge is 2.04. The summed E-state index contributed by atoms with van der Waals surface area (Å²) in [4.78, 5) is 10.3. The summed E-state index contributed by atoms with van der Waals surface area (Å²) in [5.41, 5.74) is 0. The second kappa shape index (κ2) is 5.35. The molecule has 0 aromatic heterocycles. The third-order valence-corrected chi connectivity index (χ3v) is 1.44. The van der Waals surface area contributed by atoms with Gasteiger partial charge in [-0.3, -0.25) is 0 Å². The van der Waals surface area contributed by atoms with E-state index in [1.807, 2.05) is 6.92 Å². The van der Waals surface area contributed by atoms with Crippen LogP contribution >= 0.6 is 11.6 Å². The van der Waals surface area contributed by atoms with Crippen molar-refractivity contribution in [3.8, 4) is 0 Å².